The third-order valence-electron chi connectivity index (χ3n) is 2.70. The molecule has 0 aliphatic heterocycles. The van der Waals surface area contributed by atoms with Gasteiger partial charge in [-0.15, -0.1) is 0 Å². The van der Waals surface area contributed by atoms with Crippen LogP contribution in [0, 0.1) is 6.92 Å². The summed E-state index contributed by atoms with van der Waals surface area (Å²) in [5.74, 6) is 0.599. The van der Waals surface area contributed by atoms with Crippen LogP contribution in [0.25, 0.3) is 0 Å². The quantitative estimate of drug-likeness (QED) is 0.895. The molecule has 0 saturated heterocycles. The van der Waals surface area contributed by atoms with Crippen LogP contribution >= 0.6 is 0 Å². The summed E-state index contributed by atoms with van der Waals surface area (Å²) >= 11 is 0. The zero-order valence-electron chi connectivity index (χ0n) is 10.7. The fourth-order valence-corrected chi connectivity index (χ4v) is 1.81. The molecule has 2 aromatic rings. The van der Waals surface area contributed by atoms with Crippen molar-refractivity contribution in [3.8, 4) is 0 Å². The van der Waals surface area contributed by atoms with E-state index in [2.05, 4.69) is 29.5 Å². The molecule has 1 aromatic carbocycles. The first-order valence-electron chi connectivity index (χ1n) is 5.98. The minimum absolute atomic E-state index is 0.00444. The second-order valence-electron chi connectivity index (χ2n) is 4.41. The van der Waals surface area contributed by atoms with Crippen LogP contribution in [0.5, 0.6) is 0 Å². The van der Waals surface area contributed by atoms with Gasteiger partial charge in [-0.2, -0.15) is 5.10 Å². The van der Waals surface area contributed by atoms with Crippen molar-refractivity contribution in [3.63, 3.8) is 0 Å². The number of aromatic nitrogens is 2. The number of carbonyl (C=O) groups is 1. The standard InChI is InChI=1S/C14H17N3O/c1-11-4-3-5-12(10-11)6-7-14(18)15-13-8-9-17(2)16-13/h3-5,8-10H,6-7H2,1-2H3,(H,15,16,18). The molecular weight excluding hydrogens is 226 g/mol. The van der Waals surface area contributed by atoms with Crippen molar-refractivity contribution < 1.29 is 4.79 Å². The van der Waals surface area contributed by atoms with E-state index in [0.29, 0.717) is 12.2 Å². The SMILES string of the molecule is Cc1cccc(CCC(=O)Nc2ccn(C)n2)c1. The lowest BCUT2D eigenvalue weighted by atomic mass is 10.1. The molecule has 0 spiro atoms. The Morgan fingerprint density at radius 1 is 1.39 bits per heavy atom. The number of aryl methyl sites for hydroxylation is 3. The number of carbonyl (C=O) groups excluding carboxylic acids is 1. The lowest BCUT2D eigenvalue weighted by molar-refractivity contribution is -0.116. The second-order valence-corrected chi connectivity index (χ2v) is 4.41. The first-order valence-corrected chi connectivity index (χ1v) is 5.98. The molecule has 2 rings (SSSR count). The minimum Gasteiger partial charge on any atom is -0.309 e. The molecule has 0 aliphatic carbocycles. The number of hydrogen-bond acceptors (Lipinski definition) is 2. The number of nitrogens with one attached hydrogen (secondary N) is 1. The van der Waals surface area contributed by atoms with Crippen molar-refractivity contribution in [1.29, 1.82) is 0 Å². The maximum atomic E-state index is 11.7. The summed E-state index contributed by atoms with van der Waals surface area (Å²) < 4.78 is 1.66. The molecule has 0 radical (unpaired) electrons. The summed E-state index contributed by atoms with van der Waals surface area (Å²) in [6.07, 6.45) is 3.02. The Kier molecular flexibility index (Phi) is 3.77. The topological polar surface area (TPSA) is 46.9 Å². The normalized spacial score (nSPS) is 10.3. The molecule has 0 fully saturated rings. The third-order valence-corrected chi connectivity index (χ3v) is 2.70. The van der Waals surface area contributed by atoms with Crippen molar-refractivity contribution in [1.82, 2.24) is 9.78 Å². The van der Waals surface area contributed by atoms with Gasteiger partial charge < -0.3 is 5.32 Å². The lowest BCUT2D eigenvalue weighted by Gasteiger charge is -2.03. The number of rotatable bonds is 4. The van der Waals surface area contributed by atoms with Crippen molar-refractivity contribution in [2.24, 2.45) is 7.05 Å². The Balaban J connectivity index is 1.85. The van der Waals surface area contributed by atoms with Crippen LogP contribution in [0.1, 0.15) is 17.5 Å². The molecular formula is C14H17N3O. The highest BCUT2D eigenvalue weighted by molar-refractivity contribution is 5.89. The van der Waals surface area contributed by atoms with Crippen molar-refractivity contribution >= 4 is 11.7 Å². The summed E-state index contributed by atoms with van der Waals surface area (Å²) in [6.45, 7) is 2.05. The van der Waals surface area contributed by atoms with Gasteiger partial charge in [0.2, 0.25) is 5.91 Å². The number of anilines is 1. The van der Waals surface area contributed by atoms with E-state index in [1.54, 1.807) is 16.9 Å². The number of hydrogen-bond donors (Lipinski definition) is 1. The fourth-order valence-electron chi connectivity index (χ4n) is 1.81. The maximum Gasteiger partial charge on any atom is 0.225 e. The zero-order chi connectivity index (χ0) is 13.0. The first kappa shape index (κ1) is 12.4. The van der Waals surface area contributed by atoms with E-state index in [-0.39, 0.29) is 5.91 Å². The largest absolute Gasteiger partial charge is 0.309 e. The fraction of sp³-hybridized carbons (Fsp3) is 0.286. The smallest absolute Gasteiger partial charge is 0.225 e. The summed E-state index contributed by atoms with van der Waals surface area (Å²) in [6, 6.07) is 10.00. The van der Waals surface area contributed by atoms with E-state index in [4.69, 9.17) is 0 Å². The first-order chi connectivity index (χ1) is 8.63. The van der Waals surface area contributed by atoms with Crippen molar-refractivity contribution in [3.05, 3.63) is 47.7 Å². The second kappa shape index (κ2) is 5.49. The molecule has 0 aliphatic rings. The number of benzene rings is 1. The van der Waals surface area contributed by atoms with E-state index in [1.807, 2.05) is 19.2 Å². The highest BCUT2D eigenvalue weighted by Crippen LogP contribution is 2.08. The highest BCUT2D eigenvalue weighted by atomic mass is 16.1. The summed E-state index contributed by atoms with van der Waals surface area (Å²) in [5.41, 5.74) is 2.41. The predicted molar refractivity (Wildman–Crippen MR) is 71.3 cm³/mol. The van der Waals surface area contributed by atoms with Gasteiger partial charge in [0.1, 0.15) is 0 Å². The van der Waals surface area contributed by atoms with Crippen LogP contribution in [0.2, 0.25) is 0 Å². The van der Waals surface area contributed by atoms with Gasteiger partial charge in [0, 0.05) is 25.7 Å². The third kappa shape index (κ3) is 3.45. The molecule has 94 valence electrons. The average molecular weight is 243 g/mol. The summed E-state index contributed by atoms with van der Waals surface area (Å²) in [7, 11) is 1.82. The molecule has 0 bridgehead atoms. The van der Waals surface area contributed by atoms with E-state index in [9.17, 15) is 4.79 Å². The van der Waals surface area contributed by atoms with Gasteiger partial charge in [0.25, 0.3) is 0 Å². The predicted octanol–water partition coefficient (Wildman–Crippen LogP) is 2.30. The van der Waals surface area contributed by atoms with Gasteiger partial charge in [-0.3, -0.25) is 9.48 Å². The molecule has 4 nitrogen and oxygen atoms in total. The molecule has 1 N–H and O–H groups in total. The van der Waals surface area contributed by atoms with Gasteiger partial charge >= 0.3 is 0 Å². The van der Waals surface area contributed by atoms with E-state index >= 15 is 0 Å². The molecule has 0 atom stereocenters. The van der Waals surface area contributed by atoms with Crippen LogP contribution in [0.15, 0.2) is 36.5 Å². The number of amides is 1. The Hall–Kier alpha value is -2.10. The summed E-state index contributed by atoms with van der Waals surface area (Å²) in [4.78, 5) is 11.7. The van der Waals surface area contributed by atoms with Gasteiger partial charge in [0.05, 0.1) is 0 Å². The lowest BCUT2D eigenvalue weighted by Crippen LogP contribution is -2.13. The van der Waals surface area contributed by atoms with Crippen LogP contribution in [0.3, 0.4) is 0 Å². The van der Waals surface area contributed by atoms with Crippen LogP contribution in [-0.2, 0) is 18.3 Å². The van der Waals surface area contributed by atoms with Gasteiger partial charge in [-0.25, -0.2) is 0 Å². The van der Waals surface area contributed by atoms with Gasteiger partial charge in [-0.05, 0) is 18.9 Å². The average Bonchev–Trinajstić information content (AvgIpc) is 2.72. The summed E-state index contributed by atoms with van der Waals surface area (Å²) in [5, 5.41) is 6.88. The molecule has 1 amide bonds. The Morgan fingerprint density at radius 3 is 2.89 bits per heavy atom. The van der Waals surface area contributed by atoms with Crippen molar-refractivity contribution in [2.75, 3.05) is 5.32 Å². The molecule has 0 saturated carbocycles. The maximum absolute atomic E-state index is 11.7. The molecule has 18 heavy (non-hydrogen) atoms. The Morgan fingerprint density at radius 2 is 2.22 bits per heavy atom. The van der Waals surface area contributed by atoms with Gasteiger partial charge in [0.15, 0.2) is 5.82 Å². The molecule has 1 heterocycles. The van der Waals surface area contributed by atoms with Crippen LogP contribution in [-0.4, -0.2) is 15.7 Å². The monoisotopic (exact) mass is 243 g/mol. The molecule has 0 unspecified atom stereocenters. The minimum atomic E-state index is -0.00444. The molecule has 4 heteroatoms. The number of nitrogens with zero attached hydrogens (tertiary/aromatic N) is 2. The van der Waals surface area contributed by atoms with E-state index in [0.717, 1.165) is 6.42 Å². The Labute approximate surface area is 107 Å². The van der Waals surface area contributed by atoms with Crippen molar-refractivity contribution in [2.45, 2.75) is 19.8 Å². The van der Waals surface area contributed by atoms with Crippen LogP contribution in [0.4, 0.5) is 5.82 Å². The van der Waals surface area contributed by atoms with Crippen LogP contribution < -0.4 is 5.32 Å². The van der Waals surface area contributed by atoms with E-state index < -0.39 is 0 Å². The molecule has 1 aromatic heterocycles. The van der Waals surface area contributed by atoms with E-state index in [1.165, 1.54) is 11.1 Å². The zero-order valence-corrected chi connectivity index (χ0v) is 10.7. The Bertz CT molecular complexity index is 545. The highest BCUT2D eigenvalue weighted by Gasteiger charge is 2.04. The van der Waals surface area contributed by atoms with Gasteiger partial charge in [-0.1, -0.05) is 29.8 Å².